The third kappa shape index (κ3) is 2.95. The maximum absolute atomic E-state index is 12.0. The van der Waals surface area contributed by atoms with Gasteiger partial charge in [-0.2, -0.15) is 0 Å². The Bertz CT molecular complexity index is 624. The van der Waals surface area contributed by atoms with E-state index >= 15 is 0 Å². The van der Waals surface area contributed by atoms with Crippen LogP contribution in [0.25, 0.3) is 0 Å². The third-order valence-electron chi connectivity index (χ3n) is 2.51. The topological polar surface area (TPSA) is 98.3 Å². The zero-order valence-corrected chi connectivity index (χ0v) is 10.6. The first-order valence-corrected chi connectivity index (χ1v) is 6.32. The molecule has 0 atom stereocenters. The Kier molecular flexibility index (Phi) is 3.88. The van der Waals surface area contributed by atoms with Crippen LogP contribution in [-0.4, -0.2) is 10.8 Å². The van der Waals surface area contributed by atoms with E-state index in [2.05, 4.69) is 5.32 Å². The maximum atomic E-state index is 12.0. The lowest BCUT2D eigenvalue weighted by Crippen LogP contribution is -2.13. The van der Waals surface area contributed by atoms with Crippen molar-refractivity contribution in [3.05, 3.63) is 57.0 Å². The molecule has 0 saturated heterocycles. The van der Waals surface area contributed by atoms with Gasteiger partial charge in [0.05, 0.1) is 10.5 Å². The zero-order valence-electron chi connectivity index (χ0n) is 9.83. The van der Waals surface area contributed by atoms with Crippen LogP contribution in [0.2, 0.25) is 0 Å². The molecule has 0 fully saturated rings. The molecule has 0 saturated carbocycles. The number of nitro groups is 1. The zero-order chi connectivity index (χ0) is 13.8. The predicted molar refractivity (Wildman–Crippen MR) is 73.3 cm³/mol. The summed E-state index contributed by atoms with van der Waals surface area (Å²) in [5.41, 5.74) is 7.26. The molecule has 0 aliphatic rings. The lowest BCUT2D eigenvalue weighted by Gasteiger charge is -2.08. The molecule has 0 aliphatic carbocycles. The van der Waals surface area contributed by atoms with Gasteiger partial charge >= 0.3 is 5.00 Å². The molecule has 1 aromatic carbocycles. The van der Waals surface area contributed by atoms with Crippen molar-refractivity contribution in [1.82, 2.24) is 0 Å². The Morgan fingerprint density at radius 2 is 2.16 bits per heavy atom. The molecule has 0 bridgehead atoms. The summed E-state index contributed by atoms with van der Waals surface area (Å²) in [6, 6.07) is 8.41. The Hall–Kier alpha value is -2.25. The summed E-state index contributed by atoms with van der Waals surface area (Å²) in [5.74, 6) is -0.384. The minimum atomic E-state index is -0.519. The van der Waals surface area contributed by atoms with E-state index in [1.807, 2.05) is 12.1 Å². The van der Waals surface area contributed by atoms with Crippen LogP contribution in [0.15, 0.2) is 35.7 Å². The fourth-order valence-electron chi connectivity index (χ4n) is 1.55. The first kappa shape index (κ1) is 13.2. The minimum absolute atomic E-state index is 0.0581. The Morgan fingerprint density at radius 3 is 2.79 bits per heavy atom. The lowest BCUT2D eigenvalue weighted by atomic mass is 10.1. The Labute approximate surface area is 113 Å². The number of amides is 1. The van der Waals surface area contributed by atoms with Crippen LogP contribution in [0, 0.1) is 10.1 Å². The summed E-state index contributed by atoms with van der Waals surface area (Å²) >= 11 is 0.922. The highest BCUT2D eigenvalue weighted by atomic mass is 32.1. The average molecular weight is 277 g/mol. The largest absolute Gasteiger partial charge is 0.326 e. The molecule has 0 radical (unpaired) electrons. The molecule has 0 aliphatic heterocycles. The molecule has 19 heavy (non-hydrogen) atoms. The summed E-state index contributed by atoms with van der Waals surface area (Å²) in [6.07, 6.45) is 0. The first-order chi connectivity index (χ1) is 9.11. The number of hydrogen-bond acceptors (Lipinski definition) is 5. The second-order valence-corrected chi connectivity index (χ2v) is 4.64. The second kappa shape index (κ2) is 5.59. The number of nitrogens with two attached hydrogens (primary N) is 1. The van der Waals surface area contributed by atoms with Crippen molar-refractivity contribution >= 4 is 27.9 Å². The molecule has 6 nitrogen and oxygen atoms in total. The van der Waals surface area contributed by atoms with Crippen LogP contribution < -0.4 is 11.1 Å². The van der Waals surface area contributed by atoms with Gasteiger partial charge in [0, 0.05) is 23.7 Å². The predicted octanol–water partition coefficient (Wildman–Crippen LogP) is 2.37. The van der Waals surface area contributed by atoms with Crippen LogP contribution in [0.4, 0.5) is 10.7 Å². The standard InChI is InChI=1S/C12H11N3O3S/c13-6-8-3-1-2-4-10(8)14-12(16)9-5-11(15(17)18)19-7-9/h1-5,7H,6,13H2,(H,14,16). The van der Waals surface area contributed by atoms with E-state index in [0.29, 0.717) is 12.2 Å². The molecule has 0 spiro atoms. The van der Waals surface area contributed by atoms with Crippen molar-refractivity contribution < 1.29 is 9.72 Å². The highest BCUT2D eigenvalue weighted by molar-refractivity contribution is 7.13. The van der Waals surface area contributed by atoms with E-state index in [9.17, 15) is 14.9 Å². The molecule has 1 heterocycles. The second-order valence-electron chi connectivity index (χ2n) is 3.75. The molecular weight excluding hydrogens is 266 g/mol. The van der Waals surface area contributed by atoms with Crippen LogP contribution >= 0.6 is 11.3 Å². The van der Waals surface area contributed by atoms with Crippen LogP contribution in [0.5, 0.6) is 0 Å². The maximum Gasteiger partial charge on any atom is 0.324 e. The summed E-state index contributed by atoms with van der Waals surface area (Å²) in [4.78, 5) is 22.0. The fraction of sp³-hybridized carbons (Fsp3) is 0.0833. The summed E-state index contributed by atoms with van der Waals surface area (Å²) in [7, 11) is 0. The summed E-state index contributed by atoms with van der Waals surface area (Å²) < 4.78 is 0. The fourth-order valence-corrected chi connectivity index (χ4v) is 2.26. The number of para-hydroxylation sites is 1. The number of hydrogen-bond donors (Lipinski definition) is 2. The van der Waals surface area contributed by atoms with Gasteiger partial charge in [-0.05, 0) is 11.6 Å². The third-order valence-corrected chi connectivity index (χ3v) is 3.39. The van der Waals surface area contributed by atoms with Crippen LogP contribution in [0.3, 0.4) is 0 Å². The van der Waals surface area contributed by atoms with Crippen molar-refractivity contribution in [3.8, 4) is 0 Å². The van der Waals surface area contributed by atoms with Crippen LogP contribution in [-0.2, 0) is 6.54 Å². The number of carbonyl (C=O) groups excluding carboxylic acids is 1. The van der Waals surface area contributed by atoms with Crippen molar-refractivity contribution in [2.24, 2.45) is 5.73 Å². The van der Waals surface area contributed by atoms with Gasteiger partial charge in [-0.3, -0.25) is 14.9 Å². The van der Waals surface area contributed by atoms with E-state index in [0.717, 1.165) is 16.9 Å². The highest BCUT2D eigenvalue weighted by Gasteiger charge is 2.15. The van der Waals surface area contributed by atoms with Gasteiger partial charge in [0.15, 0.2) is 0 Å². The molecule has 2 aromatic rings. The lowest BCUT2D eigenvalue weighted by molar-refractivity contribution is -0.380. The summed E-state index contributed by atoms with van der Waals surface area (Å²) in [5, 5.41) is 14.7. The van der Waals surface area contributed by atoms with Gasteiger partial charge in [-0.25, -0.2) is 0 Å². The molecule has 3 N–H and O–H groups in total. The number of nitrogens with one attached hydrogen (secondary N) is 1. The minimum Gasteiger partial charge on any atom is -0.326 e. The molecule has 1 amide bonds. The number of anilines is 1. The molecule has 0 unspecified atom stereocenters. The SMILES string of the molecule is NCc1ccccc1NC(=O)c1csc([N+](=O)[O-])c1. The van der Waals surface area contributed by atoms with Gasteiger partial charge in [0.1, 0.15) is 0 Å². The number of benzene rings is 1. The number of carbonyl (C=O) groups is 1. The van der Waals surface area contributed by atoms with E-state index in [1.165, 1.54) is 11.4 Å². The molecule has 98 valence electrons. The van der Waals surface area contributed by atoms with E-state index < -0.39 is 4.92 Å². The Morgan fingerprint density at radius 1 is 1.42 bits per heavy atom. The number of thiophene rings is 1. The Balaban J connectivity index is 2.18. The van der Waals surface area contributed by atoms with E-state index in [4.69, 9.17) is 5.73 Å². The van der Waals surface area contributed by atoms with Crippen molar-refractivity contribution in [2.45, 2.75) is 6.54 Å². The van der Waals surface area contributed by atoms with Gasteiger partial charge in [-0.15, -0.1) is 0 Å². The first-order valence-electron chi connectivity index (χ1n) is 5.44. The van der Waals surface area contributed by atoms with Crippen molar-refractivity contribution in [3.63, 3.8) is 0 Å². The molecule has 7 heteroatoms. The quantitative estimate of drug-likeness (QED) is 0.662. The average Bonchev–Trinajstić information content (AvgIpc) is 2.89. The van der Waals surface area contributed by atoms with Crippen molar-refractivity contribution in [1.29, 1.82) is 0 Å². The van der Waals surface area contributed by atoms with Gasteiger partial charge in [0.25, 0.3) is 5.91 Å². The van der Waals surface area contributed by atoms with Crippen LogP contribution in [0.1, 0.15) is 15.9 Å². The monoisotopic (exact) mass is 277 g/mol. The van der Waals surface area contributed by atoms with Gasteiger partial charge in [-0.1, -0.05) is 29.5 Å². The van der Waals surface area contributed by atoms with E-state index in [-0.39, 0.29) is 16.5 Å². The number of nitrogens with zero attached hydrogens (tertiary/aromatic N) is 1. The normalized spacial score (nSPS) is 10.2. The highest BCUT2D eigenvalue weighted by Crippen LogP contribution is 2.24. The smallest absolute Gasteiger partial charge is 0.324 e. The molecule has 2 rings (SSSR count). The summed E-state index contributed by atoms with van der Waals surface area (Å²) in [6.45, 7) is 0.306. The van der Waals surface area contributed by atoms with Crippen molar-refractivity contribution in [2.75, 3.05) is 5.32 Å². The molecule has 1 aromatic heterocycles. The van der Waals surface area contributed by atoms with Gasteiger partial charge in [0.2, 0.25) is 0 Å². The van der Waals surface area contributed by atoms with Gasteiger partial charge < -0.3 is 11.1 Å². The van der Waals surface area contributed by atoms with E-state index in [1.54, 1.807) is 12.1 Å². The molecular formula is C12H11N3O3S. The number of rotatable bonds is 4.